The van der Waals surface area contributed by atoms with Gasteiger partial charge in [0.05, 0.1) is 24.4 Å². The lowest BCUT2D eigenvalue weighted by Gasteiger charge is -2.21. The maximum atomic E-state index is 12.4. The fourth-order valence-electron chi connectivity index (χ4n) is 2.45. The van der Waals surface area contributed by atoms with Crippen LogP contribution in [-0.2, 0) is 9.59 Å². The van der Waals surface area contributed by atoms with Gasteiger partial charge in [0.15, 0.2) is 12.6 Å². The van der Waals surface area contributed by atoms with Crippen molar-refractivity contribution in [3.8, 4) is 6.07 Å². The second-order valence-electron chi connectivity index (χ2n) is 6.17. The van der Waals surface area contributed by atoms with Gasteiger partial charge in [-0.1, -0.05) is 12.1 Å². The highest BCUT2D eigenvalue weighted by atomic mass is 32.2. The number of nitriles is 1. The van der Waals surface area contributed by atoms with Gasteiger partial charge in [0.1, 0.15) is 0 Å². The second kappa shape index (κ2) is 9.76. The number of para-hydroxylation sites is 1. The first-order chi connectivity index (χ1) is 12.9. The molecule has 0 aromatic heterocycles. The fraction of sp³-hybridized carbons (Fsp3) is 0.250. The molecule has 2 rings (SSSR count). The molecule has 2 aromatic carbocycles. The summed E-state index contributed by atoms with van der Waals surface area (Å²) in [6.07, 6.45) is 1.96. The molecule has 1 unspecified atom stereocenters. The molecule has 0 spiro atoms. The Hall–Kier alpha value is -2.82. The third-order valence-electron chi connectivity index (χ3n) is 4.23. The van der Waals surface area contributed by atoms with E-state index in [2.05, 4.69) is 10.6 Å². The van der Waals surface area contributed by atoms with E-state index >= 15 is 0 Å². The van der Waals surface area contributed by atoms with Crippen LogP contribution in [0.15, 0.2) is 53.4 Å². The Morgan fingerprint density at radius 3 is 2.44 bits per heavy atom. The number of hydrogen-bond donors (Lipinski definition) is 3. The van der Waals surface area contributed by atoms with Crippen molar-refractivity contribution in [2.24, 2.45) is 0 Å². The van der Waals surface area contributed by atoms with E-state index in [1.165, 1.54) is 0 Å². The average molecular weight is 383 g/mol. The molecule has 0 radical (unpaired) electrons. The quantitative estimate of drug-likeness (QED) is 0.636. The highest BCUT2D eigenvalue weighted by Gasteiger charge is 2.24. The van der Waals surface area contributed by atoms with Crippen molar-refractivity contribution in [1.82, 2.24) is 0 Å². The zero-order chi connectivity index (χ0) is 19.8. The van der Waals surface area contributed by atoms with E-state index in [4.69, 9.17) is 5.26 Å². The number of nitrogens with one attached hydrogen (secondary N) is 3. The van der Waals surface area contributed by atoms with Crippen LogP contribution in [0.3, 0.4) is 0 Å². The monoisotopic (exact) mass is 383 g/mol. The topological polar surface area (TPSA) is 86.4 Å². The maximum Gasteiger partial charge on any atom is 0.282 e. The average Bonchev–Trinajstić information content (AvgIpc) is 2.68. The van der Waals surface area contributed by atoms with Crippen LogP contribution >= 0.6 is 11.8 Å². The minimum absolute atomic E-state index is 0.146. The predicted octanol–water partition coefficient (Wildman–Crippen LogP) is 1.76. The number of hydrogen-bond acceptors (Lipinski definition) is 4. The summed E-state index contributed by atoms with van der Waals surface area (Å²) in [6, 6.07) is 15.9. The normalized spacial score (nSPS) is 12.5. The molecule has 27 heavy (non-hydrogen) atoms. The third kappa shape index (κ3) is 5.84. The summed E-state index contributed by atoms with van der Waals surface area (Å²) in [5.74, 6) is -0.332. The first-order valence-electron chi connectivity index (χ1n) is 8.50. The van der Waals surface area contributed by atoms with Crippen LogP contribution in [0.4, 0.5) is 11.4 Å². The number of anilines is 2. The first-order valence-corrected chi connectivity index (χ1v) is 9.73. The maximum absolute atomic E-state index is 12.4. The smallest absolute Gasteiger partial charge is 0.282 e. The largest absolute Gasteiger partial charge is 0.321 e. The molecule has 0 saturated heterocycles. The number of thioether (sulfide) groups is 1. The molecule has 0 aliphatic carbocycles. The Bertz CT molecular complexity index is 846. The van der Waals surface area contributed by atoms with Gasteiger partial charge in [-0.2, -0.15) is 5.26 Å². The molecule has 7 heteroatoms. The number of rotatable bonds is 7. The second-order valence-corrected chi connectivity index (χ2v) is 7.02. The van der Waals surface area contributed by atoms with Crippen LogP contribution in [0.5, 0.6) is 0 Å². The molecule has 0 fully saturated rings. The summed E-state index contributed by atoms with van der Waals surface area (Å²) in [4.78, 5) is 26.5. The lowest BCUT2D eigenvalue weighted by atomic mass is 10.2. The van der Waals surface area contributed by atoms with E-state index in [0.29, 0.717) is 11.3 Å². The van der Waals surface area contributed by atoms with Gasteiger partial charge < -0.3 is 15.5 Å². The van der Waals surface area contributed by atoms with Gasteiger partial charge in [-0.15, -0.1) is 11.8 Å². The molecule has 0 aliphatic heterocycles. The number of likely N-dealkylation sites (N-methyl/N-ethyl adjacent to an activating group) is 1. The number of quaternary nitrogens is 1. The summed E-state index contributed by atoms with van der Waals surface area (Å²) in [5.41, 5.74) is 1.93. The van der Waals surface area contributed by atoms with Gasteiger partial charge >= 0.3 is 0 Å². The minimum atomic E-state index is -0.415. The van der Waals surface area contributed by atoms with E-state index in [9.17, 15) is 9.59 Å². The molecule has 0 aliphatic rings. The fourth-order valence-corrected chi connectivity index (χ4v) is 3.00. The zero-order valence-electron chi connectivity index (χ0n) is 15.6. The van der Waals surface area contributed by atoms with Crippen molar-refractivity contribution < 1.29 is 14.5 Å². The summed E-state index contributed by atoms with van der Waals surface area (Å²) < 4.78 is 0. The Kier molecular flexibility index (Phi) is 7.41. The van der Waals surface area contributed by atoms with Crippen molar-refractivity contribution in [2.75, 3.05) is 30.5 Å². The molecule has 140 valence electrons. The van der Waals surface area contributed by atoms with Gasteiger partial charge in [-0.25, -0.2) is 0 Å². The SMILES string of the molecule is CSc1ccccc1NC(=O)C[NH+](C)[C@H](C)C(=O)Nc1ccc(C#N)cc1. The van der Waals surface area contributed by atoms with Gasteiger partial charge in [0, 0.05) is 10.6 Å². The van der Waals surface area contributed by atoms with E-state index in [1.54, 1.807) is 43.0 Å². The Morgan fingerprint density at radius 2 is 1.81 bits per heavy atom. The van der Waals surface area contributed by atoms with Crippen LogP contribution < -0.4 is 15.5 Å². The summed E-state index contributed by atoms with van der Waals surface area (Å²) in [7, 11) is 1.81. The molecule has 0 bridgehead atoms. The van der Waals surface area contributed by atoms with Crippen LogP contribution in [0.25, 0.3) is 0 Å². The molecule has 2 atom stereocenters. The molecule has 0 heterocycles. The van der Waals surface area contributed by atoms with Gasteiger partial charge in [0.25, 0.3) is 11.8 Å². The number of benzene rings is 2. The lowest BCUT2D eigenvalue weighted by Crippen LogP contribution is -3.14. The third-order valence-corrected chi connectivity index (χ3v) is 5.03. The van der Waals surface area contributed by atoms with E-state index in [0.717, 1.165) is 15.5 Å². The molecule has 2 amide bonds. The standard InChI is InChI=1S/C20H22N4O2S/c1-14(20(26)22-16-10-8-15(12-21)9-11-16)24(2)13-19(25)23-17-6-4-5-7-18(17)27-3/h4-11,14H,13H2,1-3H3,(H,22,26)(H,23,25)/p+1/t14-/m1/s1. The highest BCUT2D eigenvalue weighted by molar-refractivity contribution is 7.98. The Labute approximate surface area is 163 Å². The molecule has 0 saturated carbocycles. The van der Waals surface area contributed by atoms with Crippen molar-refractivity contribution in [3.05, 3.63) is 54.1 Å². The van der Waals surface area contributed by atoms with E-state index in [-0.39, 0.29) is 18.4 Å². The van der Waals surface area contributed by atoms with Crippen molar-refractivity contribution in [1.29, 1.82) is 5.26 Å². The van der Waals surface area contributed by atoms with Crippen molar-refractivity contribution in [3.63, 3.8) is 0 Å². The van der Waals surface area contributed by atoms with E-state index < -0.39 is 6.04 Å². The Balaban J connectivity index is 1.91. The Morgan fingerprint density at radius 1 is 1.15 bits per heavy atom. The molecule has 3 N–H and O–H groups in total. The molecule has 6 nitrogen and oxygen atoms in total. The summed E-state index contributed by atoms with van der Waals surface area (Å²) >= 11 is 1.57. The number of nitrogens with zero attached hydrogens (tertiary/aromatic N) is 1. The highest BCUT2D eigenvalue weighted by Crippen LogP contribution is 2.24. The van der Waals surface area contributed by atoms with Crippen LogP contribution in [0.1, 0.15) is 12.5 Å². The first kappa shape index (κ1) is 20.5. The number of carbonyl (C=O) groups is 2. The van der Waals surface area contributed by atoms with Crippen molar-refractivity contribution in [2.45, 2.75) is 17.9 Å². The summed E-state index contributed by atoms with van der Waals surface area (Å²) in [6.45, 7) is 1.95. The number of amides is 2. The number of carbonyl (C=O) groups excluding carboxylic acids is 2. The lowest BCUT2D eigenvalue weighted by molar-refractivity contribution is -0.885. The van der Waals surface area contributed by atoms with Crippen LogP contribution in [0.2, 0.25) is 0 Å². The van der Waals surface area contributed by atoms with Gasteiger partial charge in [0.2, 0.25) is 0 Å². The van der Waals surface area contributed by atoms with Gasteiger partial charge in [-0.05, 0) is 49.6 Å². The minimum Gasteiger partial charge on any atom is -0.321 e. The summed E-state index contributed by atoms with van der Waals surface area (Å²) in [5, 5.41) is 14.5. The van der Waals surface area contributed by atoms with E-state index in [1.807, 2.05) is 43.6 Å². The van der Waals surface area contributed by atoms with Crippen LogP contribution in [0, 0.1) is 11.3 Å². The van der Waals surface area contributed by atoms with Crippen molar-refractivity contribution >= 4 is 35.0 Å². The molecular weight excluding hydrogens is 360 g/mol. The zero-order valence-corrected chi connectivity index (χ0v) is 16.4. The van der Waals surface area contributed by atoms with Gasteiger partial charge in [-0.3, -0.25) is 9.59 Å². The van der Waals surface area contributed by atoms with Crippen LogP contribution in [-0.4, -0.2) is 37.7 Å². The predicted molar refractivity (Wildman–Crippen MR) is 108 cm³/mol. The molecular formula is C20H23N4O2S+. The molecule has 2 aromatic rings.